The Kier molecular flexibility index (Phi) is 5.09. The smallest absolute Gasteiger partial charge is 0.174 e. The Morgan fingerprint density at radius 1 is 0.935 bits per heavy atom. The van der Waals surface area contributed by atoms with Crippen LogP contribution >= 0.6 is 12.2 Å². The van der Waals surface area contributed by atoms with E-state index in [0.717, 1.165) is 28.6 Å². The molecule has 1 aliphatic rings. The molecule has 2 atom stereocenters. The molecular weight excluding hydrogens is 406 g/mol. The van der Waals surface area contributed by atoms with Crippen LogP contribution in [-0.4, -0.2) is 26.8 Å². The quantitative estimate of drug-likeness (QED) is 0.475. The summed E-state index contributed by atoms with van der Waals surface area (Å²) in [6, 6.07) is 23.7. The lowest BCUT2D eigenvalue weighted by atomic mass is 10.0. The number of hydrogen-bond donors (Lipinski definition) is 1. The summed E-state index contributed by atoms with van der Waals surface area (Å²) in [6.45, 7) is 0. The van der Waals surface area contributed by atoms with Gasteiger partial charge in [0.25, 0.3) is 0 Å². The van der Waals surface area contributed by atoms with Gasteiger partial charge in [0, 0.05) is 36.0 Å². The number of hydrogen-bond acceptors (Lipinski definition) is 4. The maximum absolute atomic E-state index is 5.81. The molecule has 6 nitrogen and oxygen atoms in total. The molecule has 0 spiro atoms. The molecule has 154 valence electrons. The van der Waals surface area contributed by atoms with Gasteiger partial charge in [0.15, 0.2) is 5.11 Å². The van der Waals surface area contributed by atoms with Gasteiger partial charge in [-0.05, 0) is 60.7 Å². The normalized spacial score (nSPS) is 18.1. The van der Waals surface area contributed by atoms with Crippen LogP contribution in [-0.2, 0) is 0 Å². The third-order valence-electron chi connectivity index (χ3n) is 5.41. The van der Waals surface area contributed by atoms with E-state index in [4.69, 9.17) is 17.0 Å². The lowest BCUT2D eigenvalue weighted by molar-refractivity contribution is 0.414. The average Bonchev–Trinajstić information content (AvgIpc) is 3.44. The zero-order chi connectivity index (χ0) is 21.2. The number of nitrogens with zero attached hydrogens (tertiary/aromatic N) is 4. The zero-order valence-corrected chi connectivity index (χ0v) is 17.7. The van der Waals surface area contributed by atoms with Crippen molar-refractivity contribution in [1.29, 1.82) is 0 Å². The van der Waals surface area contributed by atoms with Crippen LogP contribution < -0.4 is 15.0 Å². The molecule has 0 amide bonds. The number of methoxy groups -OCH3 is 1. The van der Waals surface area contributed by atoms with Crippen molar-refractivity contribution in [2.75, 3.05) is 12.0 Å². The van der Waals surface area contributed by atoms with Crippen LogP contribution in [0.5, 0.6) is 5.75 Å². The molecule has 0 bridgehead atoms. The Labute approximate surface area is 186 Å². The molecule has 0 unspecified atom stereocenters. The van der Waals surface area contributed by atoms with Crippen molar-refractivity contribution < 1.29 is 4.74 Å². The van der Waals surface area contributed by atoms with Gasteiger partial charge in [-0.2, -0.15) is 0 Å². The van der Waals surface area contributed by atoms with E-state index >= 15 is 0 Å². The van der Waals surface area contributed by atoms with Crippen LogP contribution in [0.1, 0.15) is 23.5 Å². The summed E-state index contributed by atoms with van der Waals surface area (Å²) in [7, 11) is 1.67. The Morgan fingerprint density at radius 2 is 1.77 bits per heavy atom. The first kappa shape index (κ1) is 19.3. The summed E-state index contributed by atoms with van der Waals surface area (Å²) in [6.07, 6.45) is 5.63. The topological polar surface area (TPSA) is 55.2 Å². The van der Waals surface area contributed by atoms with Crippen LogP contribution in [0.3, 0.4) is 0 Å². The van der Waals surface area contributed by atoms with Crippen molar-refractivity contribution in [2.45, 2.75) is 12.1 Å². The van der Waals surface area contributed by atoms with Gasteiger partial charge in [0.1, 0.15) is 17.6 Å². The van der Waals surface area contributed by atoms with Gasteiger partial charge in [-0.15, -0.1) is 0 Å². The number of rotatable bonds is 5. The molecule has 4 heterocycles. The fourth-order valence-electron chi connectivity index (χ4n) is 4.03. The highest BCUT2D eigenvalue weighted by Crippen LogP contribution is 2.42. The number of anilines is 1. The van der Waals surface area contributed by atoms with E-state index < -0.39 is 0 Å². The van der Waals surface area contributed by atoms with Crippen LogP contribution in [0.2, 0.25) is 0 Å². The highest BCUT2D eigenvalue weighted by atomic mass is 32.1. The molecule has 5 rings (SSSR count). The van der Waals surface area contributed by atoms with Crippen molar-refractivity contribution in [3.63, 3.8) is 0 Å². The van der Waals surface area contributed by atoms with Crippen molar-refractivity contribution in [2.24, 2.45) is 0 Å². The van der Waals surface area contributed by atoms with E-state index in [1.165, 1.54) is 0 Å². The lowest BCUT2D eigenvalue weighted by Crippen LogP contribution is -2.30. The van der Waals surface area contributed by atoms with Gasteiger partial charge < -0.3 is 19.5 Å². The second-order valence-corrected chi connectivity index (χ2v) is 7.58. The third-order valence-corrected chi connectivity index (χ3v) is 5.72. The Bertz CT molecular complexity index is 1190. The summed E-state index contributed by atoms with van der Waals surface area (Å²) in [5.41, 5.74) is 2.94. The number of pyridine rings is 2. The highest BCUT2D eigenvalue weighted by molar-refractivity contribution is 7.80. The minimum Gasteiger partial charge on any atom is -0.497 e. The molecular formula is C24H21N5OS. The van der Waals surface area contributed by atoms with Gasteiger partial charge in [-0.25, -0.2) is 4.98 Å². The van der Waals surface area contributed by atoms with Gasteiger partial charge in [-0.1, -0.05) is 18.2 Å². The molecule has 1 aromatic carbocycles. The van der Waals surface area contributed by atoms with E-state index in [0.29, 0.717) is 5.11 Å². The van der Waals surface area contributed by atoms with Gasteiger partial charge in [0.2, 0.25) is 0 Å². The third kappa shape index (κ3) is 3.53. The van der Waals surface area contributed by atoms with Crippen molar-refractivity contribution in [3.8, 4) is 11.6 Å². The molecule has 3 aromatic heterocycles. The molecule has 4 aromatic rings. The predicted molar refractivity (Wildman–Crippen MR) is 124 cm³/mol. The minimum absolute atomic E-state index is 0.128. The zero-order valence-electron chi connectivity index (χ0n) is 16.9. The molecule has 0 aliphatic carbocycles. The monoisotopic (exact) mass is 427 g/mol. The molecule has 0 saturated carbocycles. The van der Waals surface area contributed by atoms with Crippen molar-refractivity contribution in [1.82, 2.24) is 19.9 Å². The van der Waals surface area contributed by atoms with Crippen molar-refractivity contribution in [3.05, 3.63) is 103 Å². The Balaban J connectivity index is 1.67. The second kappa shape index (κ2) is 8.20. The Morgan fingerprint density at radius 3 is 2.52 bits per heavy atom. The van der Waals surface area contributed by atoms with Crippen LogP contribution in [0.4, 0.5) is 5.69 Å². The summed E-state index contributed by atoms with van der Waals surface area (Å²) >= 11 is 5.81. The molecule has 31 heavy (non-hydrogen) atoms. The van der Waals surface area contributed by atoms with Gasteiger partial charge in [0.05, 0.1) is 18.8 Å². The number of thiocarbonyl (C=S) groups is 1. The largest absolute Gasteiger partial charge is 0.497 e. The van der Waals surface area contributed by atoms with Gasteiger partial charge in [-0.3, -0.25) is 4.98 Å². The molecule has 0 radical (unpaired) electrons. The van der Waals surface area contributed by atoms with Gasteiger partial charge >= 0.3 is 0 Å². The SMILES string of the molecule is COc1cccc(N2C(=S)N[C@@H](c3ccccn3)[C@@H]2c2cccn2-c2ccccn2)c1. The molecule has 7 heteroatoms. The molecule has 1 fully saturated rings. The predicted octanol–water partition coefficient (Wildman–Crippen LogP) is 4.45. The first-order valence-corrected chi connectivity index (χ1v) is 10.4. The summed E-state index contributed by atoms with van der Waals surface area (Å²) in [5, 5.41) is 4.13. The Hall–Kier alpha value is -3.71. The second-order valence-electron chi connectivity index (χ2n) is 7.19. The maximum atomic E-state index is 5.81. The fourth-order valence-corrected chi connectivity index (χ4v) is 4.38. The van der Waals surface area contributed by atoms with Crippen LogP contribution in [0.15, 0.2) is 91.4 Å². The first-order valence-electron chi connectivity index (χ1n) is 9.99. The highest BCUT2D eigenvalue weighted by Gasteiger charge is 2.42. The molecule has 1 N–H and O–H groups in total. The van der Waals surface area contributed by atoms with Crippen molar-refractivity contribution >= 4 is 23.0 Å². The molecule has 1 aliphatic heterocycles. The van der Waals surface area contributed by atoms with E-state index in [-0.39, 0.29) is 12.1 Å². The fraction of sp³-hybridized carbons (Fsp3) is 0.125. The van der Waals surface area contributed by atoms with Crippen LogP contribution in [0, 0.1) is 0 Å². The number of benzene rings is 1. The van der Waals surface area contributed by atoms with E-state index in [1.807, 2.05) is 79.1 Å². The molecule has 1 saturated heterocycles. The minimum atomic E-state index is -0.133. The van der Waals surface area contributed by atoms with E-state index in [9.17, 15) is 0 Å². The summed E-state index contributed by atoms with van der Waals surface area (Å²) in [4.78, 5) is 11.3. The number of nitrogens with one attached hydrogen (secondary N) is 1. The van der Waals surface area contributed by atoms with E-state index in [1.54, 1.807) is 13.3 Å². The van der Waals surface area contributed by atoms with Crippen LogP contribution in [0.25, 0.3) is 5.82 Å². The maximum Gasteiger partial charge on any atom is 0.174 e. The average molecular weight is 428 g/mol. The lowest BCUT2D eigenvalue weighted by Gasteiger charge is -2.29. The number of aromatic nitrogens is 3. The summed E-state index contributed by atoms with van der Waals surface area (Å²) < 4.78 is 7.56. The summed E-state index contributed by atoms with van der Waals surface area (Å²) in [5.74, 6) is 1.63. The standard InChI is InChI=1S/C24H21N5OS/c1-30-18-9-6-8-17(16-18)29-23(22(27-24(29)31)19-10-2-4-13-25-19)20-11-7-15-28(20)21-12-3-5-14-26-21/h2-16,22-23H,1H3,(H,27,31)/t22-,23-/m0/s1. The number of ether oxygens (including phenoxy) is 1. The van der Waals surface area contributed by atoms with E-state index in [2.05, 4.69) is 30.8 Å². The first-order chi connectivity index (χ1) is 15.3.